The first-order valence-electron chi connectivity index (χ1n) is 17.8. The number of nitrogens with zero attached hydrogens (tertiary/aromatic N) is 3. The highest BCUT2D eigenvalue weighted by molar-refractivity contribution is 5.95. The van der Waals surface area contributed by atoms with Gasteiger partial charge in [0.25, 0.3) is 5.56 Å². The van der Waals surface area contributed by atoms with Crippen LogP contribution in [0, 0.1) is 17.5 Å². The molecule has 2 aromatic heterocycles. The number of alkyl carbamates (subject to hydrolysis) is 1. The summed E-state index contributed by atoms with van der Waals surface area (Å²) in [6.45, 7) is 1.52. The van der Waals surface area contributed by atoms with Gasteiger partial charge in [0, 0.05) is 59.4 Å². The summed E-state index contributed by atoms with van der Waals surface area (Å²) in [4.78, 5) is 65.8. The molecule has 0 aliphatic heterocycles. The van der Waals surface area contributed by atoms with E-state index in [1.807, 2.05) is 0 Å². The van der Waals surface area contributed by atoms with Crippen LogP contribution in [0.3, 0.4) is 0 Å². The number of amides is 2. The molecule has 15 heteroatoms. The number of rotatable bonds is 13. The number of fused-ring (bicyclic) bond motifs is 1. The molecule has 2 amide bonds. The topological polar surface area (TPSA) is 138 Å². The van der Waals surface area contributed by atoms with Crippen LogP contribution in [0.4, 0.5) is 22.8 Å². The Labute approximate surface area is 307 Å². The van der Waals surface area contributed by atoms with Gasteiger partial charge in [0.15, 0.2) is 5.78 Å². The molecule has 4 rings (SSSR count). The maximum absolute atomic E-state index is 14.9. The van der Waals surface area contributed by atoms with Crippen LogP contribution in [0.1, 0.15) is 54.5 Å². The van der Waals surface area contributed by atoms with E-state index in [1.54, 1.807) is 20.8 Å². The Kier molecular flexibility index (Phi) is 11.5. The monoisotopic (exact) mass is 741 g/mol. The molecule has 282 valence electrons. The van der Waals surface area contributed by atoms with Gasteiger partial charge in [-0.1, -0.05) is 12.1 Å². The molecule has 0 unspecified atom stereocenters. The van der Waals surface area contributed by atoms with E-state index in [-0.39, 0.29) is 52.9 Å². The maximum Gasteiger partial charge on any atom is 0.419 e. The van der Waals surface area contributed by atoms with Gasteiger partial charge in [0.05, 0.1) is 25.4 Å². The summed E-state index contributed by atoms with van der Waals surface area (Å²) in [5.74, 6) is -3.99. The van der Waals surface area contributed by atoms with Crippen LogP contribution >= 0.6 is 0 Å². The van der Waals surface area contributed by atoms with E-state index >= 15 is 0 Å². The van der Waals surface area contributed by atoms with Crippen molar-refractivity contribution in [3.05, 3.63) is 112 Å². The van der Waals surface area contributed by atoms with Crippen molar-refractivity contribution in [2.75, 3.05) is 21.1 Å². The van der Waals surface area contributed by atoms with Gasteiger partial charge in [0.1, 0.15) is 40.9 Å². The number of allylic oxidation sites excluding steroid dienone is 1. The minimum absolute atomic E-state index is 0.0236. The lowest BCUT2D eigenvalue weighted by Crippen LogP contribution is -2.42. The minimum Gasteiger partial charge on any atom is -0.486 e. The Hall–Kier alpha value is -5.86. The number of ether oxygens (including phenoxy) is 3. The maximum atomic E-state index is 14.9. The van der Waals surface area contributed by atoms with E-state index < -0.39 is 78.5 Å². The largest absolute Gasteiger partial charge is 0.486 e. The Morgan fingerprint density at radius 1 is 1.04 bits per heavy atom. The molecule has 0 bridgehead atoms. The molecule has 0 saturated heterocycles. The fraction of sp³-hybridized carbons (Fsp3) is 0.342. The molecule has 53 heavy (non-hydrogen) atoms. The summed E-state index contributed by atoms with van der Waals surface area (Å²) in [5.41, 5.74) is -1.43. The van der Waals surface area contributed by atoms with Crippen LogP contribution in [0.2, 0.25) is 0 Å². The van der Waals surface area contributed by atoms with Crippen LogP contribution in [-0.2, 0) is 38.6 Å². The van der Waals surface area contributed by atoms with Gasteiger partial charge in [0.2, 0.25) is 5.91 Å². The highest BCUT2D eigenvalue weighted by Gasteiger charge is 2.26. The third-order valence-corrected chi connectivity index (χ3v) is 7.75. The highest BCUT2D eigenvalue weighted by Crippen LogP contribution is 2.32. The van der Waals surface area contributed by atoms with E-state index in [2.05, 4.69) is 10.1 Å². The third kappa shape index (κ3) is 10.6. The molecule has 0 radical (unpaired) electrons. The van der Waals surface area contributed by atoms with Crippen molar-refractivity contribution in [3.63, 3.8) is 0 Å². The lowest BCUT2D eigenvalue weighted by Gasteiger charge is -2.22. The molecular weight excluding hydrogens is 697 g/mol. The van der Waals surface area contributed by atoms with E-state index in [9.17, 15) is 37.1 Å². The molecule has 1 atom stereocenters. The van der Waals surface area contributed by atoms with E-state index in [1.165, 1.54) is 41.1 Å². The first-order chi connectivity index (χ1) is 26.2. The number of halogens is 3. The van der Waals surface area contributed by atoms with Crippen molar-refractivity contribution in [3.8, 4) is 5.75 Å². The van der Waals surface area contributed by atoms with Gasteiger partial charge in [-0.15, -0.1) is 0 Å². The number of benzene rings is 2. The second-order valence-electron chi connectivity index (χ2n) is 13.0. The number of pyridine rings is 1. The van der Waals surface area contributed by atoms with Crippen LogP contribution in [0.5, 0.6) is 5.75 Å². The Morgan fingerprint density at radius 3 is 2.47 bits per heavy atom. The Morgan fingerprint density at radius 2 is 1.79 bits per heavy atom. The molecule has 0 saturated carbocycles. The molecule has 0 aliphatic rings. The predicted octanol–water partition coefficient (Wildman–Crippen LogP) is 5.89. The quantitative estimate of drug-likeness (QED) is 0.168. The van der Waals surface area contributed by atoms with Crippen LogP contribution in [0.15, 0.2) is 71.7 Å². The number of methoxy groups -OCH3 is 1. The van der Waals surface area contributed by atoms with Gasteiger partial charge in [-0.3, -0.25) is 14.4 Å². The summed E-state index contributed by atoms with van der Waals surface area (Å²) >= 11 is 0. The number of likely N-dealkylation sites (N-methyl/N-ethyl adjacent to an activating group) is 1. The Balaban J connectivity index is 1.65. The van der Waals surface area contributed by atoms with E-state index in [4.69, 9.17) is 13.6 Å². The zero-order valence-corrected chi connectivity index (χ0v) is 29.7. The molecular formula is C38H41F3N4O8. The molecule has 0 fully saturated rings. The summed E-state index contributed by atoms with van der Waals surface area (Å²) < 4.78 is 83.2. The number of nitrogens with one attached hydrogen (secondary N) is 1. The van der Waals surface area contributed by atoms with Crippen LogP contribution in [-0.4, -0.2) is 70.7 Å². The second kappa shape index (κ2) is 17.1. The van der Waals surface area contributed by atoms with Gasteiger partial charge in [-0.2, -0.15) is 0 Å². The predicted molar refractivity (Wildman–Crippen MR) is 189 cm³/mol. The van der Waals surface area contributed by atoms with Crippen molar-refractivity contribution in [2.24, 2.45) is 0 Å². The normalized spacial score (nSPS) is 13.2. The van der Waals surface area contributed by atoms with Crippen LogP contribution in [0.25, 0.3) is 10.9 Å². The zero-order chi connectivity index (χ0) is 41.5. The number of hydrogen-bond acceptors (Lipinski definition) is 8. The smallest absolute Gasteiger partial charge is 0.419 e. The lowest BCUT2D eigenvalue weighted by molar-refractivity contribution is -0.123. The summed E-state index contributed by atoms with van der Waals surface area (Å²) in [6, 6.07) is 8.19. The van der Waals surface area contributed by atoms with Gasteiger partial charge in [-0.05, 0) is 70.0 Å². The summed E-state index contributed by atoms with van der Waals surface area (Å²) in [7, 11) is 2.21. The zero-order valence-electron chi connectivity index (χ0n) is 32.7. The highest BCUT2D eigenvalue weighted by atomic mass is 19.1. The standard InChI is InChI=1S/C38H41F3N4O8/c1-38(2,3)53-37(50)45-28(17-25-16-27(40)20-32(34(25)45)52-22-24-13-14-26(39)19-29(24)41)21-44-15-9-10-23(35(44)48)18-31(46)30(42-36(49)51-6)11-7-8-12-33(47)43(4)5/h8-10,12-17,19-20,30H,7,11,18,21-22H2,1-6H3,(H,42,49)/b12-8+/t30-/m0/s1/i4D3. The van der Waals surface area contributed by atoms with Crippen molar-refractivity contribution < 1.29 is 50.7 Å². The third-order valence-electron chi connectivity index (χ3n) is 7.75. The molecule has 0 aliphatic carbocycles. The Bertz CT molecular complexity index is 2210. The molecule has 1 N–H and O–H groups in total. The average Bonchev–Trinajstić information content (AvgIpc) is 3.46. The number of Topliss-reactive ketones (excluding diaryl/α,β-unsaturated/α-hetero) is 1. The molecule has 4 aromatic rings. The van der Waals surface area contributed by atoms with Crippen LogP contribution < -0.4 is 15.6 Å². The molecule has 0 spiro atoms. The fourth-order valence-corrected chi connectivity index (χ4v) is 5.27. The SMILES string of the molecule is [2H]C([2H])([2H])N(C)C(=O)/C=C/CC[C@H](NC(=O)OC)C(=O)Cc1cccn(Cc2cc3cc(F)cc(OCc4ccc(F)cc4F)c3n2C(=O)OC(C)(C)C)c1=O. The van der Waals surface area contributed by atoms with Gasteiger partial charge < -0.3 is 29.0 Å². The lowest BCUT2D eigenvalue weighted by atomic mass is 10.0. The molecule has 12 nitrogen and oxygen atoms in total. The van der Waals surface area contributed by atoms with Crippen molar-refractivity contribution >= 4 is 34.8 Å². The van der Waals surface area contributed by atoms with Gasteiger partial charge in [-0.25, -0.2) is 27.3 Å². The van der Waals surface area contributed by atoms with Crippen molar-refractivity contribution in [1.82, 2.24) is 19.4 Å². The number of ketones is 1. The van der Waals surface area contributed by atoms with Crippen molar-refractivity contribution in [2.45, 2.75) is 64.8 Å². The van der Waals surface area contributed by atoms with Crippen molar-refractivity contribution in [1.29, 1.82) is 0 Å². The first-order valence-corrected chi connectivity index (χ1v) is 16.3. The first kappa shape index (κ1) is 35.5. The number of carbonyl (C=O) groups excluding carboxylic acids is 4. The number of aromatic nitrogens is 2. The minimum atomic E-state index is -2.65. The summed E-state index contributed by atoms with van der Waals surface area (Å²) in [5, 5.41) is 2.59. The molecule has 2 aromatic carbocycles. The van der Waals surface area contributed by atoms with Gasteiger partial charge >= 0.3 is 12.2 Å². The van der Waals surface area contributed by atoms with E-state index in [0.717, 1.165) is 43.0 Å². The fourth-order valence-electron chi connectivity index (χ4n) is 5.27. The summed E-state index contributed by atoms with van der Waals surface area (Å²) in [6.07, 6.45) is 1.57. The molecule has 2 heterocycles. The number of carbonyl (C=O) groups is 4. The van der Waals surface area contributed by atoms with E-state index in [0.29, 0.717) is 11.0 Å². The number of hydrogen-bond donors (Lipinski definition) is 1. The average molecular weight is 742 g/mol. The second-order valence-corrected chi connectivity index (χ2v) is 13.0.